The van der Waals surface area contributed by atoms with E-state index in [0.29, 0.717) is 12.8 Å². The lowest BCUT2D eigenvalue weighted by molar-refractivity contribution is 0.558. The highest BCUT2D eigenvalue weighted by Crippen LogP contribution is 1.93. The number of nitrogens with zero attached hydrogens (tertiary/aromatic N) is 2. The topological polar surface area (TPSA) is 71.6 Å². The molecule has 0 spiro atoms. The van der Waals surface area contributed by atoms with E-state index < -0.39 is 0 Å². The maximum absolute atomic E-state index is 8.36. The van der Waals surface area contributed by atoms with Gasteiger partial charge >= 0.3 is 0 Å². The Labute approximate surface area is 111 Å². The summed E-state index contributed by atoms with van der Waals surface area (Å²) >= 11 is 0. The summed E-state index contributed by atoms with van der Waals surface area (Å²) < 4.78 is 0. The van der Waals surface area contributed by atoms with Crippen LogP contribution in [0, 0.1) is 22.7 Å². The molecule has 0 aliphatic carbocycles. The van der Waals surface area contributed by atoms with Gasteiger partial charge in [-0.3, -0.25) is 0 Å². The fourth-order valence-corrected chi connectivity index (χ4v) is 1.66. The SMILES string of the molecule is N#CCCCCNCCCCNCCCCC#N. The van der Waals surface area contributed by atoms with Crippen LogP contribution in [0.4, 0.5) is 0 Å². The Morgan fingerprint density at radius 3 is 1.22 bits per heavy atom. The van der Waals surface area contributed by atoms with Crippen molar-refractivity contribution in [3.63, 3.8) is 0 Å². The normalized spacial score (nSPS) is 9.89. The van der Waals surface area contributed by atoms with Crippen LogP contribution in [0.2, 0.25) is 0 Å². The molecule has 0 aliphatic heterocycles. The molecule has 4 nitrogen and oxygen atoms in total. The Kier molecular flexibility index (Phi) is 14.9. The first-order valence-corrected chi connectivity index (χ1v) is 7.07. The highest BCUT2D eigenvalue weighted by Gasteiger charge is 1.91. The molecule has 0 aromatic heterocycles. The summed E-state index contributed by atoms with van der Waals surface area (Å²) in [5.41, 5.74) is 0. The molecule has 0 aromatic carbocycles. The minimum Gasteiger partial charge on any atom is -0.317 e. The number of hydrogen-bond donors (Lipinski definition) is 2. The standard InChI is InChI=1S/C14H26N4/c15-9-3-1-5-11-17-13-7-8-14-18-12-6-2-4-10-16/h17-18H,1-8,11-14H2. The van der Waals surface area contributed by atoms with E-state index in [2.05, 4.69) is 22.8 Å². The molecular weight excluding hydrogens is 224 g/mol. The zero-order chi connectivity index (χ0) is 13.3. The fraction of sp³-hybridized carbons (Fsp3) is 0.857. The van der Waals surface area contributed by atoms with E-state index in [1.165, 1.54) is 12.8 Å². The van der Waals surface area contributed by atoms with Crippen molar-refractivity contribution in [3.8, 4) is 12.1 Å². The molecule has 0 amide bonds. The van der Waals surface area contributed by atoms with Gasteiger partial charge in [0.15, 0.2) is 0 Å². The van der Waals surface area contributed by atoms with Gasteiger partial charge in [0.2, 0.25) is 0 Å². The summed E-state index contributed by atoms with van der Waals surface area (Å²) in [4.78, 5) is 0. The minimum atomic E-state index is 0.678. The molecule has 0 saturated heterocycles. The van der Waals surface area contributed by atoms with Crippen LogP contribution in [0.1, 0.15) is 51.4 Å². The zero-order valence-corrected chi connectivity index (χ0v) is 11.4. The van der Waals surface area contributed by atoms with Crippen LogP contribution in [-0.2, 0) is 0 Å². The second-order valence-electron chi connectivity index (χ2n) is 4.44. The van der Waals surface area contributed by atoms with Crippen LogP contribution < -0.4 is 10.6 Å². The molecule has 18 heavy (non-hydrogen) atoms. The Bertz CT molecular complexity index is 213. The van der Waals surface area contributed by atoms with Crippen molar-refractivity contribution in [2.45, 2.75) is 51.4 Å². The van der Waals surface area contributed by atoms with E-state index in [0.717, 1.165) is 51.9 Å². The van der Waals surface area contributed by atoms with Crippen LogP contribution in [0.25, 0.3) is 0 Å². The summed E-state index contributed by atoms with van der Waals surface area (Å²) in [6, 6.07) is 4.31. The summed E-state index contributed by atoms with van der Waals surface area (Å²) in [5.74, 6) is 0. The van der Waals surface area contributed by atoms with Crippen LogP contribution in [0.15, 0.2) is 0 Å². The van der Waals surface area contributed by atoms with Crippen molar-refractivity contribution in [1.29, 1.82) is 10.5 Å². The number of hydrogen-bond acceptors (Lipinski definition) is 4. The molecule has 0 aliphatic rings. The van der Waals surface area contributed by atoms with Gasteiger partial charge in [-0.1, -0.05) is 0 Å². The number of unbranched alkanes of at least 4 members (excludes halogenated alkanes) is 5. The summed E-state index contributed by atoms with van der Waals surface area (Å²) in [6.07, 6.45) is 7.97. The summed E-state index contributed by atoms with van der Waals surface area (Å²) in [5, 5.41) is 23.5. The van der Waals surface area contributed by atoms with Crippen LogP contribution >= 0.6 is 0 Å². The Morgan fingerprint density at radius 1 is 0.556 bits per heavy atom. The first-order chi connectivity index (χ1) is 8.91. The lowest BCUT2D eigenvalue weighted by atomic mass is 10.2. The van der Waals surface area contributed by atoms with Crippen molar-refractivity contribution >= 4 is 0 Å². The van der Waals surface area contributed by atoms with Crippen molar-refractivity contribution in [1.82, 2.24) is 10.6 Å². The van der Waals surface area contributed by atoms with Gasteiger partial charge < -0.3 is 10.6 Å². The third-order valence-corrected chi connectivity index (χ3v) is 2.74. The van der Waals surface area contributed by atoms with Gasteiger partial charge in [-0.15, -0.1) is 0 Å². The Morgan fingerprint density at radius 2 is 0.889 bits per heavy atom. The highest BCUT2D eigenvalue weighted by atomic mass is 14.9. The molecule has 2 N–H and O–H groups in total. The van der Waals surface area contributed by atoms with Gasteiger partial charge in [0, 0.05) is 12.8 Å². The molecule has 0 bridgehead atoms. The van der Waals surface area contributed by atoms with E-state index in [9.17, 15) is 0 Å². The number of nitriles is 2. The third-order valence-electron chi connectivity index (χ3n) is 2.74. The van der Waals surface area contributed by atoms with E-state index in [1.807, 2.05) is 0 Å². The Hall–Kier alpha value is -1.10. The van der Waals surface area contributed by atoms with Gasteiger partial charge in [0.1, 0.15) is 0 Å². The largest absolute Gasteiger partial charge is 0.317 e. The molecule has 4 heteroatoms. The molecule has 0 atom stereocenters. The van der Waals surface area contributed by atoms with E-state index in [1.54, 1.807) is 0 Å². The smallest absolute Gasteiger partial charge is 0.0621 e. The maximum Gasteiger partial charge on any atom is 0.0621 e. The highest BCUT2D eigenvalue weighted by molar-refractivity contribution is 4.68. The average molecular weight is 250 g/mol. The summed E-state index contributed by atoms with van der Waals surface area (Å²) in [6.45, 7) is 4.21. The van der Waals surface area contributed by atoms with Gasteiger partial charge in [0.25, 0.3) is 0 Å². The lowest BCUT2D eigenvalue weighted by Gasteiger charge is -2.05. The number of rotatable bonds is 13. The van der Waals surface area contributed by atoms with Crippen molar-refractivity contribution in [3.05, 3.63) is 0 Å². The Balaban J connectivity index is 2.91. The predicted molar refractivity (Wildman–Crippen MR) is 73.9 cm³/mol. The minimum absolute atomic E-state index is 0.678. The van der Waals surface area contributed by atoms with E-state index in [4.69, 9.17) is 10.5 Å². The molecule has 0 radical (unpaired) electrons. The monoisotopic (exact) mass is 250 g/mol. The maximum atomic E-state index is 8.36. The first kappa shape index (κ1) is 16.9. The van der Waals surface area contributed by atoms with E-state index >= 15 is 0 Å². The average Bonchev–Trinajstić information content (AvgIpc) is 2.39. The van der Waals surface area contributed by atoms with Crippen molar-refractivity contribution in [2.24, 2.45) is 0 Å². The fourth-order valence-electron chi connectivity index (χ4n) is 1.66. The lowest BCUT2D eigenvalue weighted by Crippen LogP contribution is -2.20. The van der Waals surface area contributed by atoms with Crippen LogP contribution in [-0.4, -0.2) is 26.2 Å². The molecule has 0 rings (SSSR count). The third kappa shape index (κ3) is 14.9. The predicted octanol–water partition coefficient (Wildman–Crippen LogP) is 2.33. The molecule has 0 unspecified atom stereocenters. The van der Waals surface area contributed by atoms with Crippen molar-refractivity contribution in [2.75, 3.05) is 26.2 Å². The van der Waals surface area contributed by atoms with Gasteiger partial charge in [-0.05, 0) is 64.7 Å². The molecule has 102 valence electrons. The molecule has 0 aromatic rings. The first-order valence-electron chi connectivity index (χ1n) is 7.07. The summed E-state index contributed by atoms with van der Waals surface area (Å²) in [7, 11) is 0. The van der Waals surface area contributed by atoms with Gasteiger partial charge in [-0.2, -0.15) is 10.5 Å². The van der Waals surface area contributed by atoms with Crippen molar-refractivity contribution < 1.29 is 0 Å². The number of nitrogens with one attached hydrogen (secondary N) is 2. The van der Waals surface area contributed by atoms with Crippen LogP contribution in [0.5, 0.6) is 0 Å². The zero-order valence-electron chi connectivity index (χ0n) is 11.4. The second kappa shape index (κ2) is 15.9. The molecule has 0 heterocycles. The molecule has 0 fully saturated rings. The molecular formula is C14H26N4. The van der Waals surface area contributed by atoms with E-state index in [-0.39, 0.29) is 0 Å². The molecule has 0 saturated carbocycles. The quantitative estimate of drug-likeness (QED) is 0.492. The van der Waals surface area contributed by atoms with Gasteiger partial charge in [-0.25, -0.2) is 0 Å². The van der Waals surface area contributed by atoms with Crippen LogP contribution in [0.3, 0.4) is 0 Å². The van der Waals surface area contributed by atoms with Gasteiger partial charge in [0.05, 0.1) is 12.1 Å². The second-order valence-corrected chi connectivity index (χ2v) is 4.44.